The number of methoxy groups -OCH3 is 2. The summed E-state index contributed by atoms with van der Waals surface area (Å²) in [5, 5.41) is 0. The van der Waals surface area contributed by atoms with E-state index in [0.717, 1.165) is 24.0 Å². The van der Waals surface area contributed by atoms with Crippen LogP contribution in [-0.4, -0.2) is 44.3 Å². The Labute approximate surface area is 185 Å². The fraction of sp³-hybridized carbons (Fsp3) is 0.640. The molecule has 6 nitrogen and oxygen atoms in total. The highest BCUT2D eigenvalue weighted by molar-refractivity contribution is 5.95. The highest BCUT2D eigenvalue weighted by atomic mass is 16.8. The number of carbonyl (C=O) groups is 1. The molecule has 0 aromatic heterocycles. The molecule has 1 saturated heterocycles. The maximum Gasteiger partial charge on any atom is 0.342 e. The molecule has 0 N–H and O–H groups in total. The minimum Gasteiger partial charge on any atom is -0.496 e. The average molecular weight is 433 g/mol. The van der Waals surface area contributed by atoms with Gasteiger partial charge in [0, 0.05) is 18.4 Å². The summed E-state index contributed by atoms with van der Waals surface area (Å²) in [4.78, 5) is 13.1. The molecule has 1 unspecified atom stereocenters. The number of hydrogen-bond donors (Lipinski definition) is 0. The van der Waals surface area contributed by atoms with Crippen LogP contribution in [0.3, 0.4) is 0 Å². The van der Waals surface area contributed by atoms with Gasteiger partial charge in [-0.1, -0.05) is 19.1 Å². The van der Waals surface area contributed by atoms with Crippen molar-refractivity contribution in [1.29, 1.82) is 0 Å². The van der Waals surface area contributed by atoms with Gasteiger partial charge in [-0.2, -0.15) is 0 Å². The molecule has 31 heavy (non-hydrogen) atoms. The maximum absolute atomic E-state index is 13.1. The first-order valence-corrected chi connectivity index (χ1v) is 11.1. The fourth-order valence-electron chi connectivity index (χ4n) is 4.59. The Bertz CT molecular complexity index is 828. The highest BCUT2D eigenvalue weighted by Gasteiger charge is 2.42. The van der Waals surface area contributed by atoms with Crippen molar-refractivity contribution in [3.63, 3.8) is 0 Å². The van der Waals surface area contributed by atoms with Crippen molar-refractivity contribution in [3.8, 4) is 11.5 Å². The third-order valence-electron chi connectivity index (χ3n) is 6.15. The lowest BCUT2D eigenvalue weighted by atomic mass is 9.91. The number of cyclic esters (lactones) is 1. The molecule has 2 aliphatic rings. The molecule has 1 aromatic rings. The quantitative estimate of drug-likeness (QED) is 0.484. The Hall–Kier alpha value is -2.05. The first kappa shape index (κ1) is 23.6. The lowest BCUT2D eigenvalue weighted by molar-refractivity contribution is -0.149. The molecular weight excluding hydrogens is 396 g/mol. The van der Waals surface area contributed by atoms with Crippen LogP contribution in [0.1, 0.15) is 68.4 Å². The van der Waals surface area contributed by atoms with Gasteiger partial charge < -0.3 is 23.7 Å². The van der Waals surface area contributed by atoms with Crippen molar-refractivity contribution in [3.05, 3.63) is 34.9 Å². The lowest BCUT2D eigenvalue weighted by Gasteiger charge is -2.23. The fourth-order valence-corrected chi connectivity index (χ4v) is 4.59. The molecule has 0 bridgehead atoms. The van der Waals surface area contributed by atoms with Gasteiger partial charge in [-0.3, -0.25) is 0 Å². The number of benzene rings is 1. The molecule has 1 fully saturated rings. The second-order valence-corrected chi connectivity index (χ2v) is 9.03. The van der Waals surface area contributed by atoms with Crippen LogP contribution in [0.5, 0.6) is 11.5 Å². The van der Waals surface area contributed by atoms with E-state index >= 15 is 0 Å². The minimum absolute atomic E-state index is 0.00164. The Kier molecular flexibility index (Phi) is 7.32. The lowest BCUT2D eigenvalue weighted by Crippen LogP contribution is -2.29. The van der Waals surface area contributed by atoms with Crippen LogP contribution >= 0.6 is 0 Å². The van der Waals surface area contributed by atoms with Crippen molar-refractivity contribution in [2.45, 2.75) is 84.4 Å². The number of hydrogen-bond acceptors (Lipinski definition) is 6. The molecule has 0 saturated carbocycles. The van der Waals surface area contributed by atoms with Crippen LogP contribution in [0.15, 0.2) is 18.2 Å². The highest BCUT2D eigenvalue weighted by Crippen LogP contribution is 2.38. The molecule has 1 aromatic carbocycles. The Morgan fingerprint density at radius 2 is 1.81 bits per heavy atom. The smallest absolute Gasteiger partial charge is 0.342 e. The molecular formula is C25H36O6. The van der Waals surface area contributed by atoms with Crippen LogP contribution in [-0.2, 0) is 20.6 Å². The summed E-state index contributed by atoms with van der Waals surface area (Å²) in [6, 6.07) is 1.76. The van der Waals surface area contributed by atoms with Gasteiger partial charge in [0.1, 0.15) is 23.2 Å². The van der Waals surface area contributed by atoms with E-state index in [-0.39, 0.29) is 30.2 Å². The summed E-state index contributed by atoms with van der Waals surface area (Å²) >= 11 is 0. The third kappa shape index (κ3) is 5.24. The van der Waals surface area contributed by atoms with E-state index in [4.69, 9.17) is 23.7 Å². The Morgan fingerprint density at radius 3 is 2.48 bits per heavy atom. The zero-order valence-electron chi connectivity index (χ0n) is 19.8. The Balaban J connectivity index is 2.00. The van der Waals surface area contributed by atoms with Gasteiger partial charge in [0.05, 0.1) is 26.4 Å². The molecule has 4 atom stereocenters. The normalized spacial score (nSPS) is 29.8. The largest absolute Gasteiger partial charge is 0.496 e. The first-order chi connectivity index (χ1) is 14.7. The van der Waals surface area contributed by atoms with E-state index in [2.05, 4.69) is 19.1 Å². The minimum atomic E-state index is -0.599. The first-order valence-electron chi connectivity index (χ1n) is 11.1. The van der Waals surface area contributed by atoms with Crippen LogP contribution in [0.25, 0.3) is 0 Å². The molecule has 2 heterocycles. The summed E-state index contributed by atoms with van der Waals surface area (Å²) in [5.41, 5.74) is 2.33. The van der Waals surface area contributed by atoms with Crippen molar-refractivity contribution in [1.82, 2.24) is 0 Å². The maximum atomic E-state index is 13.1. The number of ether oxygens (including phenoxy) is 5. The topological polar surface area (TPSA) is 63.2 Å². The zero-order valence-corrected chi connectivity index (χ0v) is 19.8. The molecule has 3 rings (SSSR count). The predicted octanol–water partition coefficient (Wildman–Crippen LogP) is 5.00. The Morgan fingerprint density at radius 1 is 1.10 bits per heavy atom. The molecule has 0 aliphatic carbocycles. The number of carbonyl (C=O) groups excluding carboxylic acids is 1. The summed E-state index contributed by atoms with van der Waals surface area (Å²) in [6.07, 6.45) is 6.93. The third-order valence-corrected chi connectivity index (χ3v) is 6.15. The van der Waals surface area contributed by atoms with Gasteiger partial charge in [0.25, 0.3) is 0 Å². The second-order valence-electron chi connectivity index (χ2n) is 9.03. The molecule has 172 valence electrons. The summed E-state index contributed by atoms with van der Waals surface area (Å²) in [5.74, 6) is 0.423. The van der Waals surface area contributed by atoms with E-state index in [0.29, 0.717) is 29.9 Å². The van der Waals surface area contributed by atoms with Gasteiger partial charge in [0.2, 0.25) is 0 Å². The molecule has 6 heteroatoms. The van der Waals surface area contributed by atoms with Crippen molar-refractivity contribution >= 4 is 5.97 Å². The van der Waals surface area contributed by atoms with Crippen LogP contribution < -0.4 is 9.47 Å². The molecule has 0 radical (unpaired) electrons. The van der Waals surface area contributed by atoms with E-state index in [9.17, 15) is 4.79 Å². The van der Waals surface area contributed by atoms with E-state index in [1.54, 1.807) is 20.3 Å². The molecule has 0 spiro atoms. The van der Waals surface area contributed by atoms with Gasteiger partial charge in [-0.15, -0.1) is 0 Å². The number of fused-ring (bicyclic) bond motifs is 2. The summed E-state index contributed by atoms with van der Waals surface area (Å²) in [6.45, 7) is 9.96. The van der Waals surface area contributed by atoms with Crippen molar-refractivity contribution < 1.29 is 28.5 Å². The standard InChI is InChI=1S/C25H36O6/c1-15-10-8-11-16(2)29-24(26)22-18(17(3)20(27-6)14-21(22)28-7)12-9-13-19-23(15)31-25(4,5)30-19/h8,10,14-16,19,23H,9,11-13H2,1-7H3/b10-8-/t15?,16-,19-,23+/m0/s1. The SMILES string of the molecule is COc1cc(OC)c2c(c1C)CCC[C@@H]1OC(C)(C)O[C@@H]1C(C)/C=C\C[C@H](C)OC2=O. The molecule has 0 amide bonds. The van der Waals surface area contributed by atoms with E-state index in [1.807, 2.05) is 27.7 Å². The van der Waals surface area contributed by atoms with Gasteiger partial charge in [-0.25, -0.2) is 4.79 Å². The average Bonchev–Trinajstić information content (AvgIpc) is 3.02. The van der Waals surface area contributed by atoms with Crippen LogP contribution in [0.2, 0.25) is 0 Å². The molecule has 2 aliphatic heterocycles. The summed E-state index contributed by atoms with van der Waals surface area (Å²) in [7, 11) is 3.19. The van der Waals surface area contributed by atoms with Crippen molar-refractivity contribution in [2.24, 2.45) is 5.92 Å². The van der Waals surface area contributed by atoms with E-state index < -0.39 is 5.79 Å². The summed E-state index contributed by atoms with van der Waals surface area (Å²) < 4.78 is 29.4. The number of esters is 1. The monoisotopic (exact) mass is 432 g/mol. The zero-order chi connectivity index (χ0) is 22.8. The van der Waals surface area contributed by atoms with Gasteiger partial charge in [0.15, 0.2) is 5.79 Å². The predicted molar refractivity (Wildman–Crippen MR) is 119 cm³/mol. The van der Waals surface area contributed by atoms with Crippen LogP contribution in [0.4, 0.5) is 0 Å². The van der Waals surface area contributed by atoms with Crippen molar-refractivity contribution in [2.75, 3.05) is 14.2 Å². The van der Waals surface area contributed by atoms with Gasteiger partial charge in [-0.05, 0) is 58.1 Å². The number of rotatable bonds is 2. The van der Waals surface area contributed by atoms with Crippen LogP contribution in [0, 0.1) is 12.8 Å². The van der Waals surface area contributed by atoms with Gasteiger partial charge >= 0.3 is 5.97 Å². The van der Waals surface area contributed by atoms with E-state index in [1.165, 1.54) is 0 Å². The second kappa shape index (κ2) is 9.61.